The molecule has 0 saturated carbocycles. The van der Waals surface area contributed by atoms with Crippen LogP contribution in [0.3, 0.4) is 0 Å². The number of aryl methyl sites for hydroxylation is 1. The minimum absolute atomic E-state index is 0.149. The molecule has 0 aliphatic carbocycles. The zero-order valence-electron chi connectivity index (χ0n) is 16.9. The Hall–Kier alpha value is -2.74. The Kier molecular flexibility index (Phi) is 6.32. The highest BCUT2D eigenvalue weighted by atomic mass is 32.2. The number of esters is 2. The minimum atomic E-state index is -0.681. The summed E-state index contributed by atoms with van der Waals surface area (Å²) in [6.45, 7) is 5.63. The fourth-order valence-electron chi connectivity index (χ4n) is 3.39. The van der Waals surface area contributed by atoms with E-state index < -0.39 is 11.9 Å². The molecule has 0 bridgehead atoms. The second-order valence-corrected chi connectivity index (χ2v) is 8.40. The van der Waals surface area contributed by atoms with Crippen molar-refractivity contribution >= 4 is 35.3 Å². The smallest absolute Gasteiger partial charge is 0.355 e. The summed E-state index contributed by atoms with van der Waals surface area (Å²) >= 11 is 1.74. The van der Waals surface area contributed by atoms with Gasteiger partial charge < -0.3 is 19.4 Å². The summed E-state index contributed by atoms with van der Waals surface area (Å²) in [6, 6.07) is 7.73. The molecule has 0 radical (unpaired) electrons. The topological polar surface area (TPSA) is 88.7 Å². The quantitative estimate of drug-likeness (QED) is 0.768. The number of carbonyl (C=O) groups is 3. The van der Waals surface area contributed by atoms with Gasteiger partial charge in [-0.3, -0.25) is 4.79 Å². The van der Waals surface area contributed by atoms with E-state index in [0.717, 1.165) is 17.0 Å². The number of H-pyrrole nitrogens is 1. The van der Waals surface area contributed by atoms with Crippen molar-refractivity contribution in [3.05, 3.63) is 46.8 Å². The van der Waals surface area contributed by atoms with Crippen LogP contribution in [0.15, 0.2) is 29.2 Å². The van der Waals surface area contributed by atoms with E-state index in [1.165, 1.54) is 7.11 Å². The van der Waals surface area contributed by atoms with Crippen LogP contribution in [-0.4, -0.2) is 48.3 Å². The summed E-state index contributed by atoms with van der Waals surface area (Å²) in [4.78, 5) is 42.8. The number of rotatable bonds is 4. The highest BCUT2D eigenvalue weighted by Crippen LogP contribution is 2.37. The van der Waals surface area contributed by atoms with Gasteiger partial charge in [0.05, 0.1) is 18.4 Å². The van der Waals surface area contributed by atoms with E-state index in [9.17, 15) is 14.4 Å². The summed E-state index contributed by atoms with van der Waals surface area (Å²) < 4.78 is 10.0. The van der Waals surface area contributed by atoms with Gasteiger partial charge in [-0.2, -0.15) is 0 Å². The molecule has 7 nitrogen and oxygen atoms in total. The molecular formula is C21H24N2O5S. The Morgan fingerprint density at radius 2 is 1.93 bits per heavy atom. The number of nitrogens with one attached hydrogen (secondary N) is 1. The number of aromatic nitrogens is 1. The van der Waals surface area contributed by atoms with Crippen LogP contribution < -0.4 is 4.90 Å². The molecule has 154 valence electrons. The van der Waals surface area contributed by atoms with Gasteiger partial charge in [-0.1, -0.05) is 19.1 Å². The van der Waals surface area contributed by atoms with E-state index in [-0.39, 0.29) is 18.2 Å². The van der Waals surface area contributed by atoms with Gasteiger partial charge in [0, 0.05) is 22.4 Å². The Bertz CT molecular complexity index is 953. The Labute approximate surface area is 173 Å². The standard InChI is InChI=1S/C21H24N2O5S/c1-12-9-10-23(15-7-5-6-8-16(15)29-12)17(24)11-28-21(26)19-13(2)18(14(3)22-19)20(25)27-4/h5-8,12,22H,9-11H2,1-4H3. The largest absolute Gasteiger partial charge is 0.465 e. The van der Waals surface area contributed by atoms with E-state index in [2.05, 4.69) is 11.9 Å². The predicted molar refractivity (Wildman–Crippen MR) is 111 cm³/mol. The normalized spacial score (nSPS) is 16.0. The van der Waals surface area contributed by atoms with E-state index in [4.69, 9.17) is 9.47 Å². The monoisotopic (exact) mass is 416 g/mol. The summed E-state index contributed by atoms with van der Waals surface area (Å²) in [5, 5.41) is 0.387. The molecule has 1 aromatic carbocycles. The molecule has 3 rings (SSSR count). The number of benzene rings is 1. The number of ether oxygens (including phenoxy) is 2. The highest BCUT2D eigenvalue weighted by Gasteiger charge is 2.27. The summed E-state index contributed by atoms with van der Waals surface area (Å²) in [6.07, 6.45) is 0.844. The van der Waals surface area contributed by atoms with Crippen LogP contribution in [0.2, 0.25) is 0 Å². The molecule has 1 unspecified atom stereocenters. The van der Waals surface area contributed by atoms with E-state index in [0.29, 0.717) is 28.6 Å². The number of hydrogen-bond donors (Lipinski definition) is 1. The fourth-order valence-corrected chi connectivity index (χ4v) is 4.50. The number of carbonyl (C=O) groups excluding carboxylic acids is 3. The molecule has 8 heteroatoms. The number of anilines is 1. The van der Waals surface area contributed by atoms with Crippen molar-refractivity contribution in [1.82, 2.24) is 4.98 Å². The lowest BCUT2D eigenvalue weighted by Gasteiger charge is -2.22. The molecule has 1 N–H and O–H groups in total. The van der Waals surface area contributed by atoms with Gasteiger partial charge in [0.2, 0.25) is 0 Å². The number of fused-ring (bicyclic) bond motifs is 1. The van der Waals surface area contributed by atoms with Crippen molar-refractivity contribution in [3.8, 4) is 0 Å². The first-order valence-corrected chi connectivity index (χ1v) is 10.2. The molecule has 2 heterocycles. The van der Waals surface area contributed by atoms with E-state index in [1.54, 1.807) is 30.5 Å². The third-order valence-electron chi connectivity index (χ3n) is 4.90. The van der Waals surface area contributed by atoms with Crippen LogP contribution in [0.25, 0.3) is 0 Å². The van der Waals surface area contributed by atoms with Crippen LogP contribution >= 0.6 is 11.8 Å². The Morgan fingerprint density at radius 3 is 2.66 bits per heavy atom. The lowest BCUT2D eigenvalue weighted by atomic mass is 10.1. The van der Waals surface area contributed by atoms with Crippen molar-refractivity contribution in [2.75, 3.05) is 25.2 Å². The number of amides is 1. The SMILES string of the molecule is COC(=O)c1c(C)[nH]c(C(=O)OCC(=O)N2CCC(C)Sc3ccccc32)c1C. The summed E-state index contributed by atoms with van der Waals surface area (Å²) in [7, 11) is 1.28. The fraction of sp³-hybridized carbons (Fsp3) is 0.381. The second kappa shape index (κ2) is 8.73. The number of nitrogens with zero attached hydrogens (tertiary/aromatic N) is 1. The summed E-state index contributed by atoms with van der Waals surface area (Å²) in [5.74, 6) is -1.49. The maximum absolute atomic E-state index is 12.8. The number of aromatic amines is 1. The zero-order chi connectivity index (χ0) is 21.1. The van der Waals surface area contributed by atoms with Gasteiger partial charge in [0.1, 0.15) is 5.69 Å². The third kappa shape index (κ3) is 4.32. The van der Waals surface area contributed by atoms with Gasteiger partial charge in [0.25, 0.3) is 5.91 Å². The minimum Gasteiger partial charge on any atom is -0.465 e. The average Bonchev–Trinajstić information content (AvgIpc) is 2.89. The second-order valence-electron chi connectivity index (χ2n) is 6.92. The first-order chi connectivity index (χ1) is 13.8. The van der Waals surface area contributed by atoms with Crippen LogP contribution in [0.4, 0.5) is 5.69 Å². The average molecular weight is 416 g/mol. The Morgan fingerprint density at radius 1 is 1.21 bits per heavy atom. The first-order valence-electron chi connectivity index (χ1n) is 9.34. The lowest BCUT2D eigenvalue weighted by molar-refractivity contribution is -0.121. The van der Waals surface area contributed by atoms with Gasteiger partial charge >= 0.3 is 11.9 Å². The zero-order valence-corrected chi connectivity index (χ0v) is 17.7. The van der Waals surface area contributed by atoms with Crippen molar-refractivity contribution in [2.45, 2.75) is 37.3 Å². The molecule has 1 atom stereocenters. The maximum atomic E-state index is 12.8. The van der Waals surface area contributed by atoms with Crippen molar-refractivity contribution in [2.24, 2.45) is 0 Å². The molecule has 1 aliphatic rings. The van der Waals surface area contributed by atoms with Crippen LogP contribution in [0.1, 0.15) is 45.4 Å². The molecule has 0 saturated heterocycles. The Balaban J connectivity index is 1.73. The number of hydrogen-bond acceptors (Lipinski definition) is 6. The van der Waals surface area contributed by atoms with Gasteiger partial charge in [-0.25, -0.2) is 9.59 Å². The van der Waals surface area contributed by atoms with E-state index >= 15 is 0 Å². The van der Waals surface area contributed by atoms with Gasteiger partial charge in [0.15, 0.2) is 6.61 Å². The van der Waals surface area contributed by atoms with Crippen LogP contribution in [-0.2, 0) is 14.3 Å². The third-order valence-corrected chi connectivity index (χ3v) is 6.14. The van der Waals surface area contributed by atoms with Crippen molar-refractivity contribution < 1.29 is 23.9 Å². The van der Waals surface area contributed by atoms with Crippen molar-refractivity contribution in [1.29, 1.82) is 0 Å². The molecule has 1 aromatic heterocycles. The number of methoxy groups -OCH3 is 1. The predicted octanol–water partition coefficient (Wildman–Crippen LogP) is 3.49. The van der Waals surface area contributed by atoms with Gasteiger partial charge in [-0.15, -0.1) is 11.8 Å². The number of para-hydroxylation sites is 1. The molecule has 2 aromatic rings. The van der Waals surface area contributed by atoms with Crippen LogP contribution in [0.5, 0.6) is 0 Å². The lowest BCUT2D eigenvalue weighted by Crippen LogP contribution is -2.35. The molecule has 0 fully saturated rings. The highest BCUT2D eigenvalue weighted by molar-refractivity contribution is 8.00. The molecular weight excluding hydrogens is 392 g/mol. The molecule has 1 aliphatic heterocycles. The van der Waals surface area contributed by atoms with Crippen molar-refractivity contribution in [3.63, 3.8) is 0 Å². The summed E-state index contributed by atoms with van der Waals surface area (Å²) in [5.41, 5.74) is 2.24. The maximum Gasteiger partial charge on any atom is 0.355 e. The molecule has 0 spiro atoms. The first kappa shape index (κ1) is 21.0. The molecule has 1 amide bonds. The van der Waals surface area contributed by atoms with Crippen LogP contribution in [0, 0.1) is 13.8 Å². The molecule has 29 heavy (non-hydrogen) atoms. The number of thioether (sulfide) groups is 1. The van der Waals surface area contributed by atoms with E-state index in [1.807, 2.05) is 24.3 Å². The van der Waals surface area contributed by atoms with Gasteiger partial charge in [-0.05, 0) is 38.0 Å².